The molecule has 2 nitrogen and oxygen atoms in total. The molecule has 1 N–H and O–H groups in total. The first-order valence-electron chi connectivity index (χ1n) is 3.75. The van der Waals surface area contributed by atoms with E-state index in [2.05, 4.69) is 5.32 Å². The minimum atomic E-state index is 0.0319. The van der Waals surface area contributed by atoms with Gasteiger partial charge in [-0.2, -0.15) is 0 Å². The Kier molecular flexibility index (Phi) is 7.26. The van der Waals surface area contributed by atoms with Gasteiger partial charge in [0.2, 0.25) is 5.91 Å². The topological polar surface area (TPSA) is 29.1 Å². The van der Waals surface area contributed by atoms with Gasteiger partial charge >= 0.3 is 0 Å². The minimum absolute atomic E-state index is 0.0319. The summed E-state index contributed by atoms with van der Waals surface area (Å²) in [5.41, 5.74) is 0. The Balaban J connectivity index is 3.17. The maximum absolute atomic E-state index is 10.8. The van der Waals surface area contributed by atoms with Crippen LogP contribution >= 0.6 is 11.6 Å². The fourth-order valence-corrected chi connectivity index (χ4v) is 0.807. The zero-order valence-corrected chi connectivity index (χ0v) is 7.53. The molecule has 3 heteroatoms. The number of allylic oxidation sites excluding steroid dienone is 1. The summed E-state index contributed by atoms with van der Waals surface area (Å²) in [4.78, 5) is 10.8. The molecule has 0 aliphatic carbocycles. The third-order valence-electron chi connectivity index (χ3n) is 1.19. The van der Waals surface area contributed by atoms with Gasteiger partial charge in [-0.1, -0.05) is 12.2 Å². The van der Waals surface area contributed by atoms with E-state index in [1.165, 1.54) is 0 Å². The molecule has 0 rings (SSSR count). The van der Waals surface area contributed by atoms with E-state index in [-0.39, 0.29) is 5.91 Å². The van der Waals surface area contributed by atoms with Gasteiger partial charge < -0.3 is 5.32 Å². The van der Waals surface area contributed by atoms with Crippen molar-refractivity contribution < 1.29 is 4.79 Å². The van der Waals surface area contributed by atoms with Crippen LogP contribution in [-0.4, -0.2) is 18.3 Å². The Bertz CT molecular complexity index is 134. The van der Waals surface area contributed by atoms with Crippen LogP contribution in [0.25, 0.3) is 0 Å². The average molecular weight is 176 g/mol. The molecule has 0 fully saturated rings. The highest BCUT2D eigenvalue weighted by Gasteiger charge is 1.95. The van der Waals surface area contributed by atoms with Crippen molar-refractivity contribution in [1.29, 1.82) is 0 Å². The van der Waals surface area contributed by atoms with Gasteiger partial charge in [0.05, 0.1) is 0 Å². The molecule has 0 saturated carbocycles. The summed E-state index contributed by atoms with van der Waals surface area (Å²) in [5.74, 6) is 0.430. The van der Waals surface area contributed by atoms with E-state index in [1.54, 1.807) is 0 Å². The molecule has 0 bridgehead atoms. The quantitative estimate of drug-likeness (QED) is 0.385. The molecule has 0 radical (unpaired) electrons. The van der Waals surface area contributed by atoms with Crippen molar-refractivity contribution in [1.82, 2.24) is 5.32 Å². The first-order valence-corrected chi connectivity index (χ1v) is 4.28. The highest BCUT2D eigenvalue weighted by Crippen LogP contribution is 1.85. The lowest BCUT2D eigenvalue weighted by atomic mass is 10.3. The van der Waals surface area contributed by atoms with Crippen LogP contribution in [0.15, 0.2) is 12.2 Å². The van der Waals surface area contributed by atoms with Gasteiger partial charge in [0.15, 0.2) is 0 Å². The van der Waals surface area contributed by atoms with Crippen LogP contribution in [0.4, 0.5) is 0 Å². The number of rotatable bonds is 5. The van der Waals surface area contributed by atoms with E-state index in [1.807, 2.05) is 19.1 Å². The summed E-state index contributed by atoms with van der Waals surface area (Å²) in [6.45, 7) is 2.67. The summed E-state index contributed by atoms with van der Waals surface area (Å²) in [7, 11) is 0. The van der Waals surface area contributed by atoms with Crippen LogP contribution in [0.3, 0.4) is 0 Å². The van der Waals surface area contributed by atoms with Crippen LogP contribution in [0.5, 0.6) is 0 Å². The number of halogens is 1. The van der Waals surface area contributed by atoms with Gasteiger partial charge in [-0.15, -0.1) is 11.6 Å². The second-order valence-corrected chi connectivity index (χ2v) is 2.52. The largest absolute Gasteiger partial charge is 0.356 e. The first kappa shape index (κ1) is 10.5. The zero-order valence-electron chi connectivity index (χ0n) is 6.77. The SMILES string of the molecule is C/C=C/CCNC(=O)CCCl. The van der Waals surface area contributed by atoms with Crippen molar-refractivity contribution >= 4 is 17.5 Å². The predicted octanol–water partition coefficient (Wildman–Crippen LogP) is 1.70. The number of carbonyl (C=O) groups excluding carboxylic acids is 1. The summed E-state index contributed by atoms with van der Waals surface area (Å²) in [6, 6.07) is 0. The van der Waals surface area contributed by atoms with E-state index in [0.717, 1.165) is 6.42 Å². The smallest absolute Gasteiger partial charge is 0.221 e. The molecule has 0 unspecified atom stereocenters. The highest BCUT2D eigenvalue weighted by atomic mass is 35.5. The first-order chi connectivity index (χ1) is 5.31. The molecule has 0 aromatic carbocycles. The Morgan fingerprint density at radius 1 is 1.64 bits per heavy atom. The van der Waals surface area contributed by atoms with Crippen LogP contribution in [-0.2, 0) is 4.79 Å². The normalized spacial score (nSPS) is 10.4. The van der Waals surface area contributed by atoms with Crippen molar-refractivity contribution in [3.8, 4) is 0 Å². The second-order valence-electron chi connectivity index (χ2n) is 2.15. The molecule has 0 saturated heterocycles. The predicted molar refractivity (Wildman–Crippen MR) is 47.8 cm³/mol. The number of hydrogen-bond acceptors (Lipinski definition) is 1. The molecule has 0 heterocycles. The van der Waals surface area contributed by atoms with Gasteiger partial charge in [-0.25, -0.2) is 0 Å². The van der Waals surface area contributed by atoms with E-state index in [9.17, 15) is 4.79 Å². The van der Waals surface area contributed by atoms with E-state index >= 15 is 0 Å². The van der Waals surface area contributed by atoms with Crippen molar-refractivity contribution in [3.05, 3.63) is 12.2 Å². The zero-order chi connectivity index (χ0) is 8.53. The van der Waals surface area contributed by atoms with Crippen molar-refractivity contribution in [2.24, 2.45) is 0 Å². The van der Waals surface area contributed by atoms with E-state index in [4.69, 9.17) is 11.6 Å². The summed E-state index contributed by atoms with van der Waals surface area (Å²) < 4.78 is 0. The van der Waals surface area contributed by atoms with Crippen LogP contribution in [0.2, 0.25) is 0 Å². The molecule has 0 aromatic heterocycles. The maximum Gasteiger partial charge on any atom is 0.221 e. The molecule has 0 spiro atoms. The molecular formula is C8H14ClNO. The van der Waals surface area contributed by atoms with E-state index < -0.39 is 0 Å². The molecule has 0 atom stereocenters. The average Bonchev–Trinajstić information content (AvgIpc) is 1.99. The molecule has 0 aliphatic heterocycles. The lowest BCUT2D eigenvalue weighted by Crippen LogP contribution is -2.23. The number of carbonyl (C=O) groups is 1. The number of amides is 1. The van der Waals surface area contributed by atoms with Gasteiger partial charge in [0.25, 0.3) is 0 Å². The van der Waals surface area contributed by atoms with Crippen molar-refractivity contribution in [3.63, 3.8) is 0 Å². The summed E-state index contributed by atoms with van der Waals surface area (Å²) >= 11 is 5.36. The molecule has 64 valence electrons. The van der Waals surface area contributed by atoms with Crippen LogP contribution < -0.4 is 5.32 Å². The lowest BCUT2D eigenvalue weighted by Gasteiger charge is -1.99. The molecular weight excluding hydrogens is 162 g/mol. The number of nitrogens with one attached hydrogen (secondary N) is 1. The molecule has 0 aromatic rings. The molecule has 0 aliphatic rings. The molecule has 11 heavy (non-hydrogen) atoms. The highest BCUT2D eigenvalue weighted by molar-refractivity contribution is 6.18. The van der Waals surface area contributed by atoms with Crippen LogP contribution in [0.1, 0.15) is 19.8 Å². The Hall–Kier alpha value is -0.500. The van der Waals surface area contributed by atoms with Gasteiger partial charge in [0.1, 0.15) is 0 Å². The van der Waals surface area contributed by atoms with Gasteiger partial charge in [-0.05, 0) is 13.3 Å². The van der Waals surface area contributed by atoms with Crippen molar-refractivity contribution in [2.75, 3.05) is 12.4 Å². The fourth-order valence-electron chi connectivity index (χ4n) is 0.636. The third kappa shape index (κ3) is 7.40. The van der Waals surface area contributed by atoms with Gasteiger partial charge in [-0.3, -0.25) is 4.79 Å². The number of hydrogen-bond donors (Lipinski definition) is 1. The summed E-state index contributed by atoms with van der Waals surface area (Å²) in [5, 5.41) is 2.74. The second kappa shape index (κ2) is 7.61. The Labute approximate surface area is 72.6 Å². The Morgan fingerprint density at radius 3 is 2.91 bits per heavy atom. The van der Waals surface area contributed by atoms with Gasteiger partial charge in [0, 0.05) is 18.8 Å². The van der Waals surface area contributed by atoms with Crippen molar-refractivity contribution in [2.45, 2.75) is 19.8 Å². The Morgan fingerprint density at radius 2 is 2.36 bits per heavy atom. The van der Waals surface area contributed by atoms with Crippen LogP contribution in [0, 0.1) is 0 Å². The monoisotopic (exact) mass is 175 g/mol. The van der Waals surface area contributed by atoms with E-state index in [0.29, 0.717) is 18.8 Å². The minimum Gasteiger partial charge on any atom is -0.356 e. The summed E-state index contributed by atoms with van der Waals surface area (Å²) in [6.07, 6.45) is 5.29. The lowest BCUT2D eigenvalue weighted by molar-refractivity contribution is -0.120. The molecule has 1 amide bonds. The maximum atomic E-state index is 10.8. The third-order valence-corrected chi connectivity index (χ3v) is 1.38. The standard InChI is InChI=1S/C8H14ClNO/c1-2-3-4-7-10-8(11)5-6-9/h2-3H,4-7H2,1H3,(H,10,11)/b3-2+. The fraction of sp³-hybridized carbons (Fsp3) is 0.625. The number of alkyl halides is 1.